The molecule has 0 radical (unpaired) electrons. The molecule has 1 unspecified atom stereocenters. The first kappa shape index (κ1) is 13.4. The Hall–Kier alpha value is -1.00. The lowest BCUT2D eigenvalue weighted by molar-refractivity contribution is 0.183. The fourth-order valence-corrected chi connectivity index (χ4v) is 2.46. The molecule has 0 aliphatic carbocycles. The quantitative estimate of drug-likeness (QED) is 0.865. The minimum atomic E-state index is -0.391. The minimum Gasteiger partial charge on any atom is -0.316 e. The van der Waals surface area contributed by atoms with Crippen LogP contribution in [0.1, 0.15) is 25.8 Å². The Bertz CT molecular complexity index is 418. The maximum atomic E-state index is 13.5. The highest BCUT2D eigenvalue weighted by Gasteiger charge is 2.31. The second-order valence-corrected chi connectivity index (χ2v) is 5.62. The number of benzene rings is 1. The Balaban J connectivity index is 2.00. The van der Waals surface area contributed by atoms with E-state index in [1.54, 1.807) is 0 Å². The summed E-state index contributed by atoms with van der Waals surface area (Å²) in [6.07, 6.45) is 1.00. The molecule has 0 amide bonds. The molecule has 1 fully saturated rings. The summed E-state index contributed by atoms with van der Waals surface area (Å²) in [7, 11) is 0. The van der Waals surface area contributed by atoms with Gasteiger partial charge < -0.3 is 10.6 Å². The summed E-state index contributed by atoms with van der Waals surface area (Å²) in [5.41, 5.74) is 0.520. The highest BCUT2D eigenvalue weighted by molar-refractivity contribution is 5.18. The predicted octanol–water partition coefficient (Wildman–Crippen LogP) is 2.44. The van der Waals surface area contributed by atoms with Gasteiger partial charge in [0.05, 0.1) is 0 Å². The van der Waals surface area contributed by atoms with Crippen LogP contribution in [0.4, 0.5) is 8.78 Å². The van der Waals surface area contributed by atoms with Gasteiger partial charge in [-0.05, 0) is 36.6 Å². The summed E-state index contributed by atoms with van der Waals surface area (Å²) in [5.74, 6) is -0.742. The molecule has 0 saturated carbocycles. The summed E-state index contributed by atoms with van der Waals surface area (Å²) < 4.78 is 26.6. The van der Waals surface area contributed by atoms with Crippen LogP contribution in [0.25, 0.3) is 0 Å². The summed E-state index contributed by atoms with van der Waals surface area (Å²) in [5, 5.41) is 6.70. The lowest BCUT2D eigenvalue weighted by Gasteiger charge is -2.39. The maximum Gasteiger partial charge on any atom is 0.127 e. The number of hydrogen-bond acceptors (Lipinski definition) is 2. The molecular formula is C14H20F2N2. The number of nitrogens with one attached hydrogen (secondary N) is 2. The third-order valence-corrected chi connectivity index (χ3v) is 3.68. The van der Waals surface area contributed by atoms with Crippen LogP contribution in [0.3, 0.4) is 0 Å². The topological polar surface area (TPSA) is 24.1 Å². The molecule has 0 spiro atoms. The van der Waals surface area contributed by atoms with Crippen molar-refractivity contribution in [2.45, 2.75) is 32.9 Å². The van der Waals surface area contributed by atoms with E-state index in [1.807, 2.05) is 0 Å². The second-order valence-electron chi connectivity index (χ2n) is 5.62. The fourth-order valence-electron chi connectivity index (χ4n) is 2.46. The zero-order valence-corrected chi connectivity index (χ0v) is 10.9. The molecule has 1 aliphatic rings. The van der Waals surface area contributed by atoms with E-state index in [2.05, 4.69) is 24.5 Å². The van der Waals surface area contributed by atoms with Crippen molar-refractivity contribution in [2.24, 2.45) is 5.41 Å². The van der Waals surface area contributed by atoms with Crippen LogP contribution in [0.5, 0.6) is 0 Å². The molecule has 0 bridgehead atoms. The van der Waals surface area contributed by atoms with E-state index in [-0.39, 0.29) is 11.2 Å². The van der Waals surface area contributed by atoms with Crippen molar-refractivity contribution in [3.05, 3.63) is 35.4 Å². The zero-order valence-electron chi connectivity index (χ0n) is 10.9. The first-order valence-electron chi connectivity index (χ1n) is 6.37. The van der Waals surface area contributed by atoms with E-state index < -0.39 is 5.82 Å². The normalized spacial score (nSPS) is 23.0. The Morgan fingerprint density at radius 3 is 2.89 bits per heavy atom. The summed E-state index contributed by atoms with van der Waals surface area (Å²) in [6, 6.07) is 3.91. The van der Waals surface area contributed by atoms with Crippen molar-refractivity contribution in [3.8, 4) is 0 Å². The van der Waals surface area contributed by atoms with Gasteiger partial charge in [0.25, 0.3) is 0 Å². The highest BCUT2D eigenvalue weighted by atomic mass is 19.1. The van der Waals surface area contributed by atoms with Crippen molar-refractivity contribution in [1.29, 1.82) is 0 Å². The van der Waals surface area contributed by atoms with Gasteiger partial charge in [0.15, 0.2) is 0 Å². The lowest BCUT2D eigenvalue weighted by atomic mass is 9.80. The monoisotopic (exact) mass is 254 g/mol. The SMILES string of the molecule is CC1(C)CNCCC1NCc1cc(F)ccc1F. The number of hydrogen-bond donors (Lipinski definition) is 2. The Morgan fingerprint density at radius 1 is 1.39 bits per heavy atom. The van der Waals surface area contributed by atoms with Gasteiger partial charge in [0.2, 0.25) is 0 Å². The largest absolute Gasteiger partial charge is 0.316 e. The Labute approximate surface area is 107 Å². The molecule has 1 atom stereocenters. The van der Waals surface area contributed by atoms with Gasteiger partial charge in [0, 0.05) is 24.7 Å². The molecule has 1 aliphatic heterocycles. The van der Waals surface area contributed by atoms with Gasteiger partial charge in [-0.1, -0.05) is 13.8 Å². The molecule has 4 heteroatoms. The second kappa shape index (κ2) is 5.33. The standard InChI is InChI=1S/C14H20F2N2/c1-14(2)9-17-6-5-13(14)18-8-10-7-11(15)3-4-12(10)16/h3-4,7,13,17-18H,5-6,8-9H2,1-2H3. The molecule has 2 nitrogen and oxygen atoms in total. The minimum absolute atomic E-state index is 0.127. The Morgan fingerprint density at radius 2 is 2.17 bits per heavy atom. The number of piperidine rings is 1. The first-order valence-corrected chi connectivity index (χ1v) is 6.37. The molecule has 1 saturated heterocycles. The summed E-state index contributed by atoms with van der Waals surface area (Å²) in [6.45, 7) is 6.64. The predicted molar refractivity (Wildman–Crippen MR) is 68.3 cm³/mol. The van der Waals surface area contributed by atoms with Crippen molar-refractivity contribution in [3.63, 3.8) is 0 Å². The van der Waals surface area contributed by atoms with E-state index in [0.717, 1.165) is 25.6 Å². The van der Waals surface area contributed by atoms with Crippen LogP contribution in [-0.4, -0.2) is 19.1 Å². The van der Waals surface area contributed by atoms with Crippen LogP contribution in [0.2, 0.25) is 0 Å². The van der Waals surface area contributed by atoms with Crippen molar-refractivity contribution >= 4 is 0 Å². The molecule has 18 heavy (non-hydrogen) atoms. The van der Waals surface area contributed by atoms with Gasteiger partial charge in [-0.25, -0.2) is 8.78 Å². The number of halogens is 2. The summed E-state index contributed by atoms with van der Waals surface area (Å²) >= 11 is 0. The first-order chi connectivity index (χ1) is 8.49. The van der Waals surface area contributed by atoms with Crippen LogP contribution in [-0.2, 0) is 6.54 Å². The van der Waals surface area contributed by atoms with Gasteiger partial charge >= 0.3 is 0 Å². The Kier molecular flexibility index (Phi) is 3.97. The van der Waals surface area contributed by atoms with Gasteiger partial charge in [-0.15, -0.1) is 0 Å². The molecule has 100 valence electrons. The van der Waals surface area contributed by atoms with Gasteiger partial charge in [-0.3, -0.25) is 0 Å². The lowest BCUT2D eigenvalue weighted by Crippen LogP contribution is -2.52. The van der Waals surface area contributed by atoms with Crippen LogP contribution in [0.15, 0.2) is 18.2 Å². The van der Waals surface area contributed by atoms with Crippen LogP contribution >= 0.6 is 0 Å². The molecule has 1 heterocycles. The van der Waals surface area contributed by atoms with Crippen molar-refractivity contribution in [1.82, 2.24) is 10.6 Å². The van der Waals surface area contributed by atoms with Gasteiger partial charge in [-0.2, -0.15) is 0 Å². The van der Waals surface area contributed by atoms with Crippen LogP contribution < -0.4 is 10.6 Å². The highest BCUT2D eigenvalue weighted by Crippen LogP contribution is 2.25. The third kappa shape index (κ3) is 3.06. The van der Waals surface area contributed by atoms with E-state index >= 15 is 0 Å². The molecule has 2 N–H and O–H groups in total. The van der Waals surface area contributed by atoms with Crippen LogP contribution in [0, 0.1) is 17.0 Å². The third-order valence-electron chi connectivity index (χ3n) is 3.68. The average Bonchev–Trinajstić information content (AvgIpc) is 2.31. The molecule has 0 aromatic heterocycles. The number of rotatable bonds is 3. The molecular weight excluding hydrogens is 234 g/mol. The van der Waals surface area contributed by atoms with E-state index in [4.69, 9.17) is 0 Å². The molecule has 2 rings (SSSR count). The summed E-state index contributed by atoms with van der Waals surface area (Å²) in [4.78, 5) is 0. The fraction of sp³-hybridized carbons (Fsp3) is 0.571. The average molecular weight is 254 g/mol. The van der Waals surface area contributed by atoms with Crippen molar-refractivity contribution < 1.29 is 8.78 Å². The van der Waals surface area contributed by atoms with E-state index in [0.29, 0.717) is 18.2 Å². The zero-order chi connectivity index (χ0) is 13.2. The van der Waals surface area contributed by atoms with E-state index in [1.165, 1.54) is 12.1 Å². The molecule has 1 aromatic carbocycles. The van der Waals surface area contributed by atoms with Crippen molar-refractivity contribution in [2.75, 3.05) is 13.1 Å². The molecule has 1 aromatic rings. The van der Waals surface area contributed by atoms with E-state index in [9.17, 15) is 8.78 Å². The maximum absolute atomic E-state index is 13.5. The van der Waals surface area contributed by atoms with Gasteiger partial charge in [0.1, 0.15) is 11.6 Å². The smallest absolute Gasteiger partial charge is 0.127 e.